The second-order valence-electron chi connectivity index (χ2n) is 16.3. The molecule has 7 N–H and O–H groups in total. The molecule has 15 heteroatoms. The highest BCUT2D eigenvalue weighted by molar-refractivity contribution is 5.85. The summed E-state index contributed by atoms with van der Waals surface area (Å²) in [5, 5.41) is 74.6. The van der Waals surface area contributed by atoms with E-state index in [0.717, 1.165) is 44.0 Å². The van der Waals surface area contributed by atoms with Crippen molar-refractivity contribution >= 4 is 12.3 Å². The number of fused-ring (bicyclic) bond motifs is 5. The van der Waals surface area contributed by atoms with Crippen LogP contribution in [0.3, 0.4) is 0 Å². The van der Waals surface area contributed by atoms with E-state index < -0.39 is 91.1 Å². The summed E-state index contributed by atoms with van der Waals surface area (Å²) in [6.07, 6.45) is -5.40. The van der Waals surface area contributed by atoms with Gasteiger partial charge in [0.1, 0.15) is 61.7 Å². The Hall–Kier alpha value is -1.60. The zero-order valence-corrected chi connectivity index (χ0v) is 29.2. The number of carbonyl (C=O) groups is 2. The third-order valence-electron chi connectivity index (χ3n) is 14.3. The normalized spacial score (nSPS) is 52.7. The van der Waals surface area contributed by atoms with Crippen LogP contribution in [0.1, 0.15) is 64.7 Å². The van der Waals surface area contributed by atoms with Crippen LogP contribution in [0.2, 0.25) is 0 Å². The molecule has 0 bridgehead atoms. The van der Waals surface area contributed by atoms with Crippen molar-refractivity contribution < 1.29 is 73.8 Å². The van der Waals surface area contributed by atoms with E-state index in [-0.39, 0.29) is 42.4 Å². The topological polar surface area (TPSA) is 231 Å². The first-order chi connectivity index (χ1) is 24.3. The molecular weight excluding hydrogens is 672 g/mol. The van der Waals surface area contributed by atoms with Crippen LogP contribution in [0, 0.1) is 34.5 Å². The highest BCUT2D eigenvalue weighted by Gasteiger charge is 2.69. The van der Waals surface area contributed by atoms with E-state index in [1.807, 2.05) is 0 Å². The van der Waals surface area contributed by atoms with Crippen LogP contribution < -0.4 is 0 Å². The van der Waals surface area contributed by atoms with Gasteiger partial charge in [-0.05, 0) is 87.0 Å². The molecule has 2 saturated heterocycles. The number of hydrogen-bond donors (Lipinski definition) is 7. The molecule has 4 aliphatic carbocycles. The highest BCUT2D eigenvalue weighted by Crippen LogP contribution is 2.69. The van der Waals surface area contributed by atoms with Gasteiger partial charge in [-0.1, -0.05) is 6.92 Å². The first-order valence-electron chi connectivity index (χ1n) is 18.5. The molecule has 4 saturated carbocycles. The minimum atomic E-state index is -1.71. The lowest BCUT2D eigenvalue weighted by atomic mass is 9.43. The van der Waals surface area contributed by atoms with Crippen LogP contribution in [0.15, 0.2) is 11.6 Å². The molecule has 3 heterocycles. The van der Waals surface area contributed by atoms with Crippen LogP contribution in [0.5, 0.6) is 0 Å². The number of hydrogen-bond acceptors (Lipinski definition) is 15. The number of aliphatic hydroxyl groups is 7. The standard InChI is InChI=1S/C36H54O15/c1-34-8-6-21-22(36(34,45)10-7-20(34)17-11-25(40)47-15-17)4-3-18-12-19(5-9-35(18,21)16-39)48-33-29(44)31(46-2)30(24(14-38)50-33)51-32-28(43)27(42)26(41)23(13-37)49-32/h11,16,18-24,26-33,37-38,41-45H,3-10,12-15H2,1-2H3/t18-,19+,20-,21+,22-,23-,24-,26-,27+,28-,29-,30-,31+,32+,33-,34-,35-,36+/m1/s1. The zero-order valence-electron chi connectivity index (χ0n) is 29.2. The molecule has 15 nitrogen and oxygen atoms in total. The molecule has 288 valence electrons. The number of methoxy groups -OCH3 is 1. The van der Waals surface area contributed by atoms with Gasteiger partial charge < -0.3 is 69.0 Å². The van der Waals surface area contributed by atoms with E-state index in [4.69, 9.17) is 28.4 Å². The van der Waals surface area contributed by atoms with Crippen molar-refractivity contribution in [2.45, 2.75) is 138 Å². The van der Waals surface area contributed by atoms with Gasteiger partial charge in [-0.3, -0.25) is 0 Å². The summed E-state index contributed by atoms with van der Waals surface area (Å²) in [4.78, 5) is 25.1. The molecule has 3 aliphatic heterocycles. The maximum atomic E-state index is 13.2. The van der Waals surface area contributed by atoms with Gasteiger partial charge in [-0.15, -0.1) is 0 Å². The molecule has 18 atom stereocenters. The zero-order chi connectivity index (χ0) is 36.5. The van der Waals surface area contributed by atoms with Gasteiger partial charge in [0.2, 0.25) is 0 Å². The Morgan fingerprint density at radius 3 is 2.24 bits per heavy atom. The van der Waals surface area contributed by atoms with E-state index >= 15 is 0 Å². The van der Waals surface area contributed by atoms with Crippen molar-refractivity contribution in [2.24, 2.45) is 34.5 Å². The molecule has 7 rings (SSSR count). The number of aliphatic hydroxyl groups excluding tert-OH is 6. The Kier molecular flexibility index (Phi) is 10.5. The maximum Gasteiger partial charge on any atom is 0.331 e. The fourth-order valence-electron chi connectivity index (χ4n) is 11.5. The van der Waals surface area contributed by atoms with E-state index in [9.17, 15) is 45.3 Å². The molecular formula is C36H54O15. The van der Waals surface area contributed by atoms with Gasteiger partial charge in [0, 0.05) is 24.0 Å². The average molecular weight is 727 g/mol. The fourth-order valence-corrected chi connectivity index (χ4v) is 11.5. The van der Waals surface area contributed by atoms with Crippen molar-refractivity contribution in [3.05, 3.63) is 11.6 Å². The van der Waals surface area contributed by atoms with E-state index in [0.29, 0.717) is 25.7 Å². The first-order valence-corrected chi connectivity index (χ1v) is 18.5. The summed E-state index contributed by atoms with van der Waals surface area (Å²) >= 11 is 0. The minimum Gasteiger partial charge on any atom is -0.458 e. The van der Waals surface area contributed by atoms with Crippen LogP contribution >= 0.6 is 0 Å². The summed E-state index contributed by atoms with van der Waals surface area (Å²) in [5.74, 6) is -0.300. The van der Waals surface area contributed by atoms with E-state index in [2.05, 4.69) is 6.92 Å². The van der Waals surface area contributed by atoms with Crippen molar-refractivity contribution in [2.75, 3.05) is 26.9 Å². The predicted molar refractivity (Wildman–Crippen MR) is 172 cm³/mol. The molecule has 0 radical (unpaired) electrons. The van der Waals surface area contributed by atoms with Crippen LogP contribution in [0.25, 0.3) is 0 Å². The molecule has 6 fully saturated rings. The molecule has 7 aliphatic rings. The number of ether oxygens (including phenoxy) is 6. The summed E-state index contributed by atoms with van der Waals surface area (Å²) < 4.78 is 34.6. The Morgan fingerprint density at radius 2 is 1.57 bits per heavy atom. The molecule has 0 aromatic carbocycles. The maximum absolute atomic E-state index is 13.2. The molecule has 0 spiro atoms. The summed E-state index contributed by atoms with van der Waals surface area (Å²) in [5.41, 5.74) is -1.02. The third kappa shape index (κ3) is 5.94. The monoisotopic (exact) mass is 726 g/mol. The summed E-state index contributed by atoms with van der Waals surface area (Å²) in [6, 6.07) is 0. The quantitative estimate of drug-likeness (QED) is 0.0866. The van der Waals surface area contributed by atoms with Gasteiger partial charge in [0.25, 0.3) is 0 Å². The largest absolute Gasteiger partial charge is 0.458 e. The third-order valence-corrected chi connectivity index (χ3v) is 14.3. The predicted octanol–water partition coefficient (Wildman–Crippen LogP) is -0.914. The van der Waals surface area contributed by atoms with Gasteiger partial charge in [0.15, 0.2) is 12.6 Å². The number of cyclic esters (lactones) is 1. The van der Waals surface area contributed by atoms with Crippen LogP contribution in [-0.2, 0) is 38.0 Å². The van der Waals surface area contributed by atoms with Crippen LogP contribution in [-0.4, -0.2) is 148 Å². The molecule has 51 heavy (non-hydrogen) atoms. The van der Waals surface area contributed by atoms with Gasteiger partial charge >= 0.3 is 5.97 Å². The Balaban J connectivity index is 1.02. The molecule has 0 unspecified atom stereocenters. The number of esters is 1. The van der Waals surface area contributed by atoms with Crippen molar-refractivity contribution in [3.8, 4) is 0 Å². The highest BCUT2D eigenvalue weighted by atomic mass is 16.7. The molecule has 0 aromatic heterocycles. The molecule has 0 aromatic rings. The SMILES string of the molecule is CO[C@H]1[C@@H](O)[C@H](O[C@H]2CC[C@@]3(C=O)[C@H](CC[C@@H]4[C@@H]3CC[C@]3(C)[C@@H](C5=CC(=O)OC5)CC[C@]43O)C2)O[C@H](CO)[C@H]1O[C@@H]1O[C@H](CO)[C@@H](O)[C@H](O)[C@H]1O. The first kappa shape index (κ1) is 37.7. The smallest absolute Gasteiger partial charge is 0.331 e. The lowest BCUT2D eigenvalue weighted by molar-refractivity contribution is -0.366. The van der Waals surface area contributed by atoms with Crippen LogP contribution in [0.4, 0.5) is 0 Å². The Bertz CT molecular complexity index is 1330. The molecule has 0 amide bonds. The Labute approximate surface area is 296 Å². The van der Waals surface area contributed by atoms with Crippen molar-refractivity contribution in [1.29, 1.82) is 0 Å². The van der Waals surface area contributed by atoms with Gasteiger partial charge in [-0.2, -0.15) is 0 Å². The van der Waals surface area contributed by atoms with Gasteiger partial charge in [0.05, 0.1) is 24.9 Å². The number of aldehydes is 1. The van der Waals surface area contributed by atoms with E-state index in [1.165, 1.54) is 7.11 Å². The lowest BCUT2D eigenvalue weighted by Gasteiger charge is -2.63. The summed E-state index contributed by atoms with van der Waals surface area (Å²) in [6.45, 7) is 1.19. The minimum absolute atomic E-state index is 0.00131. The Morgan fingerprint density at radius 1 is 0.843 bits per heavy atom. The van der Waals surface area contributed by atoms with Crippen molar-refractivity contribution in [3.63, 3.8) is 0 Å². The number of carbonyl (C=O) groups excluding carboxylic acids is 2. The van der Waals surface area contributed by atoms with Crippen molar-refractivity contribution in [1.82, 2.24) is 0 Å². The average Bonchev–Trinajstić information content (AvgIpc) is 3.68. The van der Waals surface area contributed by atoms with Gasteiger partial charge in [-0.25, -0.2) is 4.79 Å². The van der Waals surface area contributed by atoms with E-state index in [1.54, 1.807) is 6.08 Å². The second kappa shape index (κ2) is 14.2. The lowest BCUT2D eigenvalue weighted by Crippen LogP contribution is -2.65. The second-order valence-corrected chi connectivity index (χ2v) is 16.3. The fraction of sp³-hybridized carbons (Fsp3) is 0.889. The number of rotatable bonds is 9. The summed E-state index contributed by atoms with van der Waals surface area (Å²) in [7, 11) is 1.33.